The molecule has 1 amide bonds. The van der Waals surface area contributed by atoms with Gasteiger partial charge in [0.1, 0.15) is 0 Å². The summed E-state index contributed by atoms with van der Waals surface area (Å²) in [4.78, 5) is 14.1. The quantitative estimate of drug-likeness (QED) is 0.738. The number of amides is 1. The zero-order valence-electron chi connectivity index (χ0n) is 11.0. The maximum atomic E-state index is 12.1. The van der Waals surface area contributed by atoms with Crippen LogP contribution in [-0.4, -0.2) is 36.0 Å². The molecule has 0 aromatic rings. The standard InChI is InChI=1S/C14H24N2O/c1-4-9-13(5-2)15-12(3)14(17)16-10-7-6-8-11-16/h2,12-13,15H,4,6-11H2,1,3H3. The number of nitrogens with one attached hydrogen (secondary N) is 1. The topological polar surface area (TPSA) is 32.3 Å². The van der Waals surface area contributed by atoms with Gasteiger partial charge in [0.05, 0.1) is 12.1 Å². The summed E-state index contributed by atoms with van der Waals surface area (Å²) in [6.45, 7) is 5.82. The number of carbonyl (C=O) groups is 1. The van der Waals surface area contributed by atoms with Gasteiger partial charge in [-0.05, 0) is 32.6 Å². The number of likely N-dealkylation sites (tertiary alicyclic amines) is 1. The Morgan fingerprint density at radius 2 is 2.06 bits per heavy atom. The van der Waals surface area contributed by atoms with Crippen LogP contribution in [0.1, 0.15) is 46.0 Å². The van der Waals surface area contributed by atoms with Gasteiger partial charge in [-0.3, -0.25) is 10.1 Å². The van der Waals surface area contributed by atoms with Crippen LogP contribution in [0, 0.1) is 12.3 Å². The molecule has 0 aliphatic carbocycles. The van der Waals surface area contributed by atoms with Gasteiger partial charge >= 0.3 is 0 Å². The lowest BCUT2D eigenvalue weighted by atomic mass is 10.1. The predicted molar refractivity (Wildman–Crippen MR) is 70.6 cm³/mol. The maximum absolute atomic E-state index is 12.1. The largest absolute Gasteiger partial charge is 0.341 e. The number of rotatable bonds is 5. The monoisotopic (exact) mass is 236 g/mol. The van der Waals surface area contributed by atoms with Gasteiger partial charge in [0.2, 0.25) is 5.91 Å². The summed E-state index contributed by atoms with van der Waals surface area (Å²) in [5.74, 6) is 2.91. The Morgan fingerprint density at radius 3 is 2.59 bits per heavy atom. The van der Waals surface area contributed by atoms with E-state index in [-0.39, 0.29) is 18.0 Å². The summed E-state index contributed by atoms with van der Waals surface area (Å²) in [6, 6.07) is -0.149. The van der Waals surface area contributed by atoms with Gasteiger partial charge in [-0.25, -0.2) is 0 Å². The fraction of sp³-hybridized carbons (Fsp3) is 0.786. The lowest BCUT2D eigenvalue weighted by Gasteiger charge is -2.30. The van der Waals surface area contributed by atoms with E-state index >= 15 is 0 Å². The minimum atomic E-state index is -0.166. The van der Waals surface area contributed by atoms with Crippen molar-refractivity contribution in [1.29, 1.82) is 0 Å². The van der Waals surface area contributed by atoms with Gasteiger partial charge in [0, 0.05) is 13.1 Å². The Labute approximate surface area is 105 Å². The Morgan fingerprint density at radius 1 is 1.41 bits per heavy atom. The van der Waals surface area contributed by atoms with Crippen molar-refractivity contribution >= 4 is 5.91 Å². The number of terminal acetylenes is 1. The first kappa shape index (κ1) is 14.1. The highest BCUT2D eigenvalue weighted by Crippen LogP contribution is 2.10. The molecular formula is C14H24N2O. The highest BCUT2D eigenvalue weighted by atomic mass is 16.2. The molecule has 1 saturated heterocycles. The first-order valence-corrected chi connectivity index (χ1v) is 6.70. The van der Waals surface area contributed by atoms with Crippen molar-refractivity contribution in [3.8, 4) is 12.3 Å². The molecule has 96 valence electrons. The first-order valence-electron chi connectivity index (χ1n) is 6.70. The Kier molecular flexibility index (Phi) is 6.07. The fourth-order valence-corrected chi connectivity index (χ4v) is 2.26. The summed E-state index contributed by atoms with van der Waals surface area (Å²) >= 11 is 0. The maximum Gasteiger partial charge on any atom is 0.239 e. The molecule has 1 aliphatic rings. The van der Waals surface area contributed by atoms with Crippen molar-refractivity contribution in [2.45, 2.75) is 58.0 Å². The van der Waals surface area contributed by atoms with Crippen molar-refractivity contribution in [3.63, 3.8) is 0 Å². The van der Waals surface area contributed by atoms with E-state index in [1.807, 2.05) is 11.8 Å². The van der Waals surface area contributed by atoms with Gasteiger partial charge in [0.15, 0.2) is 0 Å². The number of piperidine rings is 1. The molecule has 3 heteroatoms. The van der Waals surface area contributed by atoms with E-state index in [0.29, 0.717) is 0 Å². The molecule has 0 aromatic heterocycles. The van der Waals surface area contributed by atoms with E-state index in [2.05, 4.69) is 18.2 Å². The molecule has 1 N–H and O–H groups in total. The highest BCUT2D eigenvalue weighted by Gasteiger charge is 2.23. The zero-order valence-corrected chi connectivity index (χ0v) is 11.0. The summed E-state index contributed by atoms with van der Waals surface area (Å²) in [5, 5.41) is 3.24. The fourth-order valence-electron chi connectivity index (χ4n) is 2.26. The number of hydrogen-bond donors (Lipinski definition) is 1. The highest BCUT2D eigenvalue weighted by molar-refractivity contribution is 5.81. The molecule has 0 saturated carbocycles. The van der Waals surface area contributed by atoms with Crippen molar-refractivity contribution < 1.29 is 4.79 Å². The van der Waals surface area contributed by atoms with Crippen LogP contribution >= 0.6 is 0 Å². The van der Waals surface area contributed by atoms with E-state index in [1.54, 1.807) is 0 Å². The molecule has 1 heterocycles. The van der Waals surface area contributed by atoms with Crippen molar-refractivity contribution in [3.05, 3.63) is 0 Å². The molecule has 0 bridgehead atoms. The lowest BCUT2D eigenvalue weighted by molar-refractivity contribution is -0.134. The summed E-state index contributed by atoms with van der Waals surface area (Å²) < 4.78 is 0. The van der Waals surface area contributed by atoms with Gasteiger partial charge < -0.3 is 4.90 Å². The van der Waals surface area contributed by atoms with E-state index in [1.165, 1.54) is 6.42 Å². The number of carbonyl (C=O) groups excluding carboxylic acids is 1. The van der Waals surface area contributed by atoms with Crippen LogP contribution in [0.15, 0.2) is 0 Å². The third-order valence-electron chi connectivity index (χ3n) is 3.27. The van der Waals surface area contributed by atoms with E-state index in [9.17, 15) is 4.79 Å². The summed E-state index contributed by atoms with van der Waals surface area (Å²) in [6.07, 6.45) is 10.9. The van der Waals surface area contributed by atoms with Gasteiger partial charge in [-0.2, -0.15) is 0 Å². The molecule has 0 radical (unpaired) electrons. The van der Waals surface area contributed by atoms with E-state index in [4.69, 9.17) is 6.42 Å². The SMILES string of the molecule is C#CC(CCC)NC(C)C(=O)N1CCCCC1. The summed E-state index contributed by atoms with van der Waals surface area (Å²) in [5.41, 5.74) is 0. The third kappa shape index (κ3) is 4.40. The molecule has 2 unspecified atom stereocenters. The zero-order chi connectivity index (χ0) is 12.7. The molecule has 3 nitrogen and oxygen atoms in total. The smallest absolute Gasteiger partial charge is 0.239 e. The number of hydrogen-bond acceptors (Lipinski definition) is 2. The molecule has 1 fully saturated rings. The normalized spacial score (nSPS) is 19.5. The second-order valence-corrected chi connectivity index (χ2v) is 4.78. The van der Waals surface area contributed by atoms with Gasteiger partial charge in [0.25, 0.3) is 0 Å². The molecular weight excluding hydrogens is 212 g/mol. The second kappa shape index (κ2) is 7.34. The Bertz CT molecular complexity index is 276. The minimum Gasteiger partial charge on any atom is -0.341 e. The van der Waals surface area contributed by atoms with E-state index in [0.717, 1.165) is 38.8 Å². The first-order chi connectivity index (χ1) is 8.19. The van der Waals surface area contributed by atoms with E-state index < -0.39 is 0 Å². The lowest BCUT2D eigenvalue weighted by Crippen LogP contribution is -2.49. The number of nitrogens with zero attached hydrogens (tertiary/aromatic N) is 1. The predicted octanol–water partition coefficient (Wildman–Crippen LogP) is 1.78. The van der Waals surface area contributed by atoms with Crippen LogP contribution in [0.5, 0.6) is 0 Å². The van der Waals surface area contributed by atoms with Gasteiger partial charge in [-0.15, -0.1) is 6.42 Å². The average molecular weight is 236 g/mol. The minimum absolute atomic E-state index is 0.0174. The van der Waals surface area contributed by atoms with Crippen LogP contribution < -0.4 is 5.32 Å². The van der Waals surface area contributed by atoms with Crippen molar-refractivity contribution in [2.75, 3.05) is 13.1 Å². The second-order valence-electron chi connectivity index (χ2n) is 4.78. The van der Waals surface area contributed by atoms with Crippen LogP contribution in [0.4, 0.5) is 0 Å². The summed E-state index contributed by atoms with van der Waals surface area (Å²) in [7, 11) is 0. The molecule has 0 aromatic carbocycles. The molecule has 1 rings (SSSR count). The van der Waals surface area contributed by atoms with Crippen molar-refractivity contribution in [2.24, 2.45) is 0 Å². The van der Waals surface area contributed by atoms with Crippen LogP contribution in [-0.2, 0) is 4.79 Å². The Hall–Kier alpha value is -1.01. The van der Waals surface area contributed by atoms with Gasteiger partial charge in [-0.1, -0.05) is 19.3 Å². The molecule has 2 atom stereocenters. The molecule has 17 heavy (non-hydrogen) atoms. The van der Waals surface area contributed by atoms with Crippen molar-refractivity contribution in [1.82, 2.24) is 10.2 Å². The van der Waals surface area contributed by atoms with Crippen LogP contribution in [0.25, 0.3) is 0 Å². The molecule has 1 aliphatic heterocycles. The van der Waals surface area contributed by atoms with Crippen LogP contribution in [0.3, 0.4) is 0 Å². The third-order valence-corrected chi connectivity index (χ3v) is 3.27. The average Bonchev–Trinajstić information content (AvgIpc) is 2.38. The molecule has 0 spiro atoms. The Balaban J connectivity index is 2.42. The van der Waals surface area contributed by atoms with Crippen LogP contribution in [0.2, 0.25) is 0 Å².